The average Bonchev–Trinajstić information content (AvgIpc) is 2.32. The first kappa shape index (κ1) is 17.8. The van der Waals surface area contributed by atoms with Crippen LogP contribution in [0.25, 0.3) is 0 Å². The van der Waals surface area contributed by atoms with Crippen LogP contribution < -0.4 is 5.73 Å². The zero-order chi connectivity index (χ0) is 13.5. The molecule has 17 heavy (non-hydrogen) atoms. The number of rotatable bonds is 2. The van der Waals surface area contributed by atoms with Crippen LogP contribution in [0.1, 0.15) is 32.8 Å². The molecule has 0 unspecified atom stereocenters. The highest BCUT2D eigenvalue weighted by molar-refractivity contribution is 5.42. The van der Waals surface area contributed by atoms with Crippen LogP contribution in [0.4, 0.5) is 0 Å². The highest BCUT2D eigenvalue weighted by atomic mass is 16.3. The van der Waals surface area contributed by atoms with Gasteiger partial charge < -0.3 is 10.8 Å². The lowest BCUT2D eigenvalue weighted by Crippen LogP contribution is -1.82. The van der Waals surface area contributed by atoms with Gasteiger partial charge in [-0.2, -0.15) is 0 Å². The normalized spacial score (nSPS) is 8.71. The predicted octanol–water partition coefficient (Wildman–Crippen LogP) is 2.81. The van der Waals surface area contributed by atoms with Crippen molar-refractivity contribution in [3.8, 4) is 0 Å². The minimum absolute atomic E-state index is 0. The largest absolute Gasteiger partial charge is 0.392 e. The molecule has 0 aliphatic rings. The number of aliphatic hydroxyl groups is 1. The summed E-state index contributed by atoms with van der Waals surface area (Å²) in [5, 5.41) is 8.66. The number of carbonyl (C=O) groups excluding carboxylic acids is 1. The van der Waals surface area contributed by atoms with Gasteiger partial charge in [0.25, 0.3) is 0 Å². The highest BCUT2D eigenvalue weighted by Crippen LogP contribution is 2.02. The van der Waals surface area contributed by atoms with Crippen molar-refractivity contribution in [3.63, 3.8) is 0 Å². The SMILES string of the molecule is C/C=C/CC.Cc1cccc(CO)c1.NC=O.[HH]. The number of carbonyl (C=O) groups is 1. The first-order valence-electron chi connectivity index (χ1n) is 5.59. The first-order valence-corrected chi connectivity index (χ1v) is 5.59. The van der Waals surface area contributed by atoms with Gasteiger partial charge in [-0.15, -0.1) is 0 Å². The van der Waals surface area contributed by atoms with Gasteiger partial charge in [0.15, 0.2) is 0 Å². The standard InChI is InChI=1S/C8H10O.C5H10.CH3NO.H2/c1-7-3-2-4-8(5-7)6-9;1-3-5-4-2;2-1-3;/h2-5,9H,6H2,1H3;3,5H,4H2,1-2H3;1H,(H2,2,3);1H/b;5-3+;;. The van der Waals surface area contributed by atoms with E-state index in [4.69, 9.17) is 9.90 Å². The van der Waals surface area contributed by atoms with Gasteiger partial charge in [-0.3, -0.25) is 4.79 Å². The number of aryl methyl sites for hydroxylation is 1. The van der Waals surface area contributed by atoms with E-state index in [1.54, 1.807) is 0 Å². The molecular formula is C14H25NO2. The average molecular weight is 239 g/mol. The molecule has 1 rings (SSSR count). The fourth-order valence-electron chi connectivity index (χ4n) is 1.05. The van der Waals surface area contributed by atoms with E-state index in [0.29, 0.717) is 0 Å². The molecule has 1 aromatic carbocycles. The van der Waals surface area contributed by atoms with Crippen molar-refractivity contribution in [2.24, 2.45) is 5.73 Å². The summed E-state index contributed by atoms with van der Waals surface area (Å²) in [7, 11) is 0. The maximum absolute atomic E-state index is 8.66. The molecule has 0 atom stereocenters. The Morgan fingerprint density at radius 1 is 1.47 bits per heavy atom. The lowest BCUT2D eigenvalue weighted by Gasteiger charge is -1.94. The molecule has 1 amide bonds. The molecule has 0 saturated heterocycles. The fourth-order valence-corrected chi connectivity index (χ4v) is 1.05. The molecule has 0 fully saturated rings. The number of allylic oxidation sites excluding steroid dienone is 2. The van der Waals surface area contributed by atoms with Gasteiger partial charge in [-0.1, -0.05) is 48.9 Å². The number of nitrogens with two attached hydrogens (primary N) is 1. The van der Waals surface area contributed by atoms with Crippen molar-refractivity contribution in [2.75, 3.05) is 0 Å². The van der Waals surface area contributed by atoms with Crippen molar-refractivity contribution in [2.45, 2.75) is 33.8 Å². The van der Waals surface area contributed by atoms with Gasteiger partial charge in [-0.05, 0) is 25.8 Å². The zero-order valence-electron chi connectivity index (χ0n) is 10.9. The molecule has 0 aliphatic carbocycles. The maximum Gasteiger partial charge on any atom is 0.204 e. The summed E-state index contributed by atoms with van der Waals surface area (Å²) in [6.07, 6.45) is 5.59. The van der Waals surface area contributed by atoms with Gasteiger partial charge in [0, 0.05) is 1.43 Å². The van der Waals surface area contributed by atoms with Crippen LogP contribution in [0.3, 0.4) is 0 Å². The molecule has 0 bridgehead atoms. The van der Waals surface area contributed by atoms with Crippen molar-refractivity contribution in [1.82, 2.24) is 0 Å². The van der Waals surface area contributed by atoms with Crippen LogP contribution >= 0.6 is 0 Å². The van der Waals surface area contributed by atoms with Crippen molar-refractivity contribution < 1.29 is 11.3 Å². The fraction of sp³-hybridized carbons (Fsp3) is 0.357. The van der Waals surface area contributed by atoms with Crippen molar-refractivity contribution in [1.29, 1.82) is 0 Å². The first-order chi connectivity index (χ1) is 8.15. The van der Waals surface area contributed by atoms with Crippen LogP contribution in [-0.4, -0.2) is 11.5 Å². The van der Waals surface area contributed by atoms with Crippen molar-refractivity contribution >= 4 is 6.41 Å². The molecule has 0 aliphatic heterocycles. The number of benzene rings is 1. The monoisotopic (exact) mass is 239 g/mol. The quantitative estimate of drug-likeness (QED) is 0.615. The summed E-state index contributed by atoms with van der Waals surface area (Å²) in [5.41, 5.74) is 6.34. The van der Waals surface area contributed by atoms with Crippen LogP contribution in [0, 0.1) is 6.92 Å². The second-order valence-corrected chi connectivity index (χ2v) is 3.26. The number of amides is 1. The molecule has 0 heterocycles. The topological polar surface area (TPSA) is 63.3 Å². The molecule has 3 heteroatoms. The number of aliphatic hydroxyl groups excluding tert-OH is 1. The van der Waals surface area contributed by atoms with E-state index >= 15 is 0 Å². The number of hydrogen-bond donors (Lipinski definition) is 2. The Morgan fingerprint density at radius 3 is 2.29 bits per heavy atom. The van der Waals surface area contributed by atoms with Gasteiger partial charge in [0.1, 0.15) is 0 Å². The van der Waals surface area contributed by atoms with Crippen LogP contribution in [0.15, 0.2) is 36.4 Å². The molecule has 98 valence electrons. The van der Waals surface area contributed by atoms with Crippen LogP contribution in [0.2, 0.25) is 0 Å². The van der Waals surface area contributed by atoms with E-state index in [2.05, 4.69) is 24.8 Å². The minimum Gasteiger partial charge on any atom is -0.392 e. The Kier molecular flexibility index (Phi) is 15.0. The Balaban J connectivity index is -0.000000216. The van der Waals surface area contributed by atoms with Gasteiger partial charge in [-0.25, -0.2) is 0 Å². The maximum atomic E-state index is 8.66. The van der Waals surface area contributed by atoms with Crippen LogP contribution in [0.5, 0.6) is 0 Å². The lowest BCUT2D eigenvalue weighted by molar-refractivity contribution is -0.106. The molecular weight excluding hydrogens is 214 g/mol. The molecule has 0 radical (unpaired) electrons. The second kappa shape index (κ2) is 14.4. The highest BCUT2D eigenvalue weighted by Gasteiger charge is 1.86. The summed E-state index contributed by atoms with van der Waals surface area (Å²) >= 11 is 0. The minimum atomic E-state index is 0. The Morgan fingerprint density at radius 2 is 2.06 bits per heavy atom. The van der Waals surface area contributed by atoms with E-state index in [0.717, 1.165) is 12.0 Å². The van der Waals surface area contributed by atoms with E-state index in [1.165, 1.54) is 5.56 Å². The summed E-state index contributed by atoms with van der Waals surface area (Å²) in [6, 6.07) is 7.84. The Bertz CT molecular complexity index is 314. The third-order valence-electron chi connectivity index (χ3n) is 1.74. The summed E-state index contributed by atoms with van der Waals surface area (Å²) in [6.45, 7) is 6.31. The van der Waals surface area contributed by atoms with Gasteiger partial charge in [0.05, 0.1) is 6.61 Å². The summed E-state index contributed by atoms with van der Waals surface area (Å²) < 4.78 is 0. The van der Waals surface area contributed by atoms with Crippen molar-refractivity contribution in [3.05, 3.63) is 47.5 Å². The number of primary amides is 1. The summed E-state index contributed by atoms with van der Waals surface area (Å²) in [4.78, 5) is 8.58. The Labute approximate surface area is 105 Å². The van der Waals surface area contributed by atoms with Gasteiger partial charge >= 0.3 is 0 Å². The molecule has 3 nitrogen and oxygen atoms in total. The Hall–Kier alpha value is -1.61. The second-order valence-electron chi connectivity index (χ2n) is 3.26. The predicted molar refractivity (Wildman–Crippen MR) is 74.6 cm³/mol. The summed E-state index contributed by atoms with van der Waals surface area (Å²) in [5.74, 6) is 0. The van der Waals surface area contributed by atoms with E-state index < -0.39 is 0 Å². The lowest BCUT2D eigenvalue weighted by atomic mass is 10.1. The van der Waals surface area contributed by atoms with Gasteiger partial charge in [0.2, 0.25) is 6.41 Å². The molecule has 0 aromatic heterocycles. The third kappa shape index (κ3) is 14.4. The molecule has 0 spiro atoms. The molecule has 3 N–H and O–H groups in total. The zero-order valence-corrected chi connectivity index (χ0v) is 10.9. The third-order valence-corrected chi connectivity index (χ3v) is 1.74. The molecule has 1 aromatic rings. The molecule has 0 saturated carbocycles. The van der Waals surface area contributed by atoms with Crippen LogP contribution in [-0.2, 0) is 11.4 Å². The number of hydrogen-bond acceptors (Lipinski definition) is 2. The smallest absolute Gasteiger partial charge is 0.204 e. The van der Waals surface area contributed by atoms with E-state index in [1.807, 2.05) is 38.1 Å². The van der Waals surface area contributed by atoms with E-state index in [9.17, 15) is 0 Å². The van der Waals surface area contributed by atoms with E-state index in [-0.39, 0.29) is 14.4 Å².